The summed E-state index contributed by atoms with van der Waals surface area (Å²) in [5.74, 6) is 0.377. The first-order valence-electron chi connectivity index (χ1n) is 10.4. The van der Waals surface area contributed by atoms with Crippen molar-refractivity contribution < 1.29 is 13.9 Å². The van der Waals surface area contributed by atoms with Crippen molar-refractivity contribution in [2.45, 2.75) is 13.2 Å². The van der Waals surface area contributed by atoms with Crippen LogP contribution in [0, 0.1) is 5.82 Å². The molecule has 3 aromatic carbocycles. The Morgan fingerprint density at radius 3 is 2.34 bits per heavy atom. The van der Waals surface area contributed by atoms with Crippen LogP contribution in [-0.4, -0.2) is 41.9 Å². The largest absolute Gasteiger partial charge is 0.487 e. The summed E-state index contributed by atoms with van der Waals surface area (Å²) in [5, 5.41) is 1.01. The van der Waals surface area contributed by atoms with Gasteiger partial charge in [0.25, 0.3) is 5.91 Å². The molecule has 166 valence electrons. The molecule has 32 heavy (non-hydrogen) atoms. The molecular formula is C25H23Cl2FN2O2. The van der Waals surface area contributed by atoms with Gasteiger partial charge in [-0.3, -0.25) is 9.69 Å². The second-order valence-corrected chi connectivity index (χ2v) is 8.56. The average Bonchev–Trinajstić information content (AvgIpc) is 2.80. The van der Waals surface area contributed by atoms with E-state index in [-0.39, 0.29) is 11.7 Å². The van der Waals surface area contributed by atoms with E-state index >= 15 is 0 Å². The van der Waals surface area contributed by atoms with Crippen LogP contribution in [0.2, 0.25) is 10.0 Å². The van der Waals surface area contributed by atoms with Gasteiger partial charge in [0.1, 0.15) is 18.2 Å². The quantitative estimate of drug-likeness (QED) is 0.463. The first-order valence-corrected chi connectivity index (χ1v) is 11.2. The van der Waals surface area contributed by atoms with E-state index in [2.05, 4.69) is 4.90 Å². The van der Waals surface area contributed by atoms with Gasteiger partial charge in [-0.2, -0.15) is 0 Å². The number of hydrogen-bond donors (Lipinski definition) is 0. The summed E-state index contributed by atoms with van der Waals surface area (Å²) in [6.45, 7) is 3.56. The fourth-order valence-corrected chi connectivity index (χ4v) is 4.12. The number of piperazine rings is 1. The zero-order valence-electron chi connectivity index (χ0n) is 17.4. The summed E-state index contributed by atoms with van der Waals surface area (Å²) in [6.07, 6.45) is 0. The molecule has 0 N–H and O–H groups in total. The van der Waals surface area contributed by atoms with Gasteiger partial charge in [0.2, 0.25) is 0 Å². The van der Waals surface area contributed by atoms with Crippen LogP contribution in [0.5, 0.6) is 5.75 Å². The Hall–Kier alpha value is -2.60. The van der Waals surface area contributed by atoms with Crippen LogP contribution in [0.4, 0.5) is 4.39 Å². The third-order valence-corrected chi connectivity index (χ3v) is 6.03. The van der Waals surface area contributed by atoms with Gasteiger partial charge in [0.05, 0.1) is 5.02 Å². The van der Waals surface area contributed by atoms with Crippen LogP contribution in [0.25, 0.3) is 0 Å². The molecule has 0 saturated carbocycles. The Labute approximate surface area is 197 Å². The molecule has 0 atom stereocenters. The number of rotatable bonds is 6. The van der Waals surface area contributed by atoms with E-state index in [4.69, 9.17) is 27.9 Å². The Morgan fingerprint density at radius 2 is 1.66 bits per heavy atom. The van der Waals surface area contributed by atoms with Crippen LogP contribution < -0.4 is 4.74 Å². The topological polar surface area (TPSA) is 32.8 Å². The van der Waals surface area contributed by atoms with Crippen molar-refractivity contribution in [1.82, 2.24) is 9.80 Å². The standard InChI is InChI=1S/C25H23Cl2FN2O2/c26-21-9-10-24(22(27)15-21)32-17-18-5-7-19(8-6-18)25(31)30-13-11-29(12-14-30)16-20-3-1-2-4-23(20)28/h1-10,15H,11-14,16-17H2. The molecule has 4 nitrogen and oxygen atoms in total. The first-order chi connectivity index (χ1) is 15.5. The molecule has 0 unspecified atom stereocenters. The number of benzene rings is 3. The fraction of sp³-hybridized carbons (Fsp3) is 0.240. The maximum Gasteiger partial charge on any atom is 0.253 e. The monoisotopic (exact) mass is 472 g/mol. The van der Waals surface area contributed by atoms with Crippen LogP contribution >= 0.6 is 23.2 Å². The van der Waals surface area contributed by atoms with E-state index in [0.29, 0.717) is 66.3 Å². The van der Waals surface area contributed by atoms with Crippen LogP contribution in [0.15, 0.2) is 66.7 Å². The summed E-state index contributed by atoms with van der Waals surface area (Å²) in [4.78, 5) is 16.9. The second kappa shape index (κ2) is 10.3. The van der Waals surface area contributed by atoms with Gasteiger partial charge in [-0.15, -0.1) is 0 Å². The molecule has 0 spiro atoms. The Morgan fingerprint density at radius 1 is 0.938 bits per heavy atom. The number of carbonyl (C=O) groups excluding carboxylic acids is 1. The van der Waals surface area contributed by atoms with Gasteiger partial charge >= 0.3 is 0 Å². The maximum absolute atomic E-state index is 13.9. The van der Waals surface area contributed by atoms with Gasteiger partial charge < -0.3 is 9.64 Å². The lowest BCUT2D eigenvalue weighted by Crippen LogP contribution is -2.48. The second-order valence-electron chi connectivity index (χ2n) is 7.72. The molecule has 1 fully saturated rings. The molecule has 1 amide bonds. The highest BCUT2D eigenvalue weighted by Crippen LogP contribution is 2.28. The predicted molar refractivity (Wildman–Crippen MR) is 125 cm³/mol. The van der Waals surface area contributed by atoms with Crippen molar-refractivity contribution in [1.29, 1.82) is 0 Å². The predicted octanol–water partition coefficient (Wildman–Crippen LogP) is 5.67. The van der Waals surface area contributed by atoms with Crippen LogP contribution in [0.1, 0.15) is 21.5 Å². The van der Waals surface area contributed by atoms with Gasteiger partial charge in [-0.1, -0.05) is 53.5 Å². The average molecular weight is 473 g/mol. The van der Waals surface area contributed by atoms with Gasteiger partial charge in [0, 0.05) is 48.9 Å². The molecule has 0 aliphatic carbocycles. The number of carbonyl (C=O) groups is 1. The van der Waals surface area contributed by atoms with Crippen molar-refractivity contribution in [3.63, 3.8) is 0 Å². The highest BCUT2D eigenvalue weighted by Gasteiger charge is 2.22. The van der Waals surface area contributed by atoms with Crippen molar-refractivity contribution in [2.24, 2.45) is 0 Å². The van der Waals surface area contributed by atoms with E-state index in [1.807, 2.05) is 35.2 Å². The zero-order valence-corrected chi connectivity index (χ0v) is 19.0. The summed E-state index contributed by atoms with van der Waals surface area (Å²) in [5.41, 5.74) is 2.26. The lowest BCUT2D eigenvalue weighted by Gasteiger charge is -2.34. The Bertz CT molecular complexity index is 1080. The normalized spacial score (nSPS) is 14.4. The lowest BCUT2D eigenvalue weighted by atomic mass is 10.1. The smallest absolute Gasteiger partial charge is 0.253 e. The minimum Gasteiger partial charge on any atom is -0.487 e. The van der Waals surface area contributed by atoms with Gasteiger partial charge in [-0.05, 0) is 42.0 Å². The van der Waals surface area contributed by atoms with E-state index in [1.165, 1.54) is 6.07 Å². The number of nitrogens with zero attached hydrogens (tertiary/aromatic N) is 2. The highest BCUT2D eigenvalue weighted by molar-refractivity contribution is 6.35. The number of halogens is 3. The lowest BCUT2D eigenvalue weighted by molar-refractivity contribution is 0.0627. The summed E-state index contributed by atoms with van der Waals surface area (Å²) < 4.78 is 19.6. The molecule has 0 radical (unpaired) electrons. The highest BCUT2D eigenvalue weighted by atomic mass is 35.5. The summed E-state index contributed by atoms with van der Waals surface area (Å²) in [6, 6.07) is 19.3. The van der Waals surface area contributed by atoms with Crippen molar-refractivity contribution in [2.75, 3.05) is 26.2 Å². The molecule has 1 aliphatic rings. The fourth-order valence-electron chi connectivity index (χ4n) is 3.66. The molecular weight excluding hydrogens is 450 g/mol. The van der Waals surface area contributed by atoms with E-state index in [9.17, 15) is 9.18 Å². The summed E-state index contributed by atoms with van der Waals surface area (Å²) >= 11 is 12.0. The third-order valence-electron chi connectivity index (χ3n) is 5.50. The van der Waals surface area contributed by atoms with Crippen LogP contribution in [-0.2, 0) is 13.2 Å². The molecule has 1 aliphatic heterocycles. The molecule has 4 rings (SSSR count). The molecule has 0 bridgehead atoms. The maximum atomic E-state index is 13.9. The van der Waals surface area contributed by atoms with E-state index in [1.54, 1.807) is 30.3 Å². The molecule has 1 saturated heterocycles. The molecule has 3 aromatic rings. The zero-order chi connectivity index (χ0) is 22.5. The van der Waals surface area contributed by atoms with E-state index < -0.39 is 0 Å². The minimum absolute atomic E-state index is 0.00348. The van der Waals surface area contributed by atoms with Crippen molar-refractivity contribution in [3.05, 3.63) is 99.3 Å². The van der Waals surface area contributed by atoms with Crippen molar-refractivity contribution >= 4 is 29.1 Å². The van der Waals surface area contributed by atoms with Gasteiger partial charge in [0.15, 0.2) is 0 Å². The van der Waals surface area contributed by atoms with Crippen molar-refractivity contribution in [3.8, 4) is 5.75 Å². The molecule has 0 aromatic heterocycles. The minimum atomic E-state index is -0.187. The van der Waals surface area contributed by atoms with Crippen LogP contribution in [0.3, 0.4) is 0 Å². The number of amides is 1. The van der Waals surface area contributed by atoms with E-state index in [0.717, 1.165) is 5.56 Å². The SMILES string of the molecule is O=C(c1ccc(COc2ccc(Cl)cc2Cl)cc1)N1CCN(Cc2ccccc2F)CC1. The molecule has 7 heteroatoms. The Kier molecular flexibility index (Phi) is 7.30. The van der Waals surface area contributed by atoms with Gasteiger partial charge in [-0.25, -0.2) is 4.39 Å². The third kappa shape index (κ3) is 5.60. The molecule has 1 heterocycles. The summed E-state index contributed by atoms with van der Waals surface area (Å²) in [7, 11) is 0. The Balaban J connectivity index is 1.29. The number of hydrogen-bond acceptors (Lipinski definition) is 3. The first kappa shape index (κ1) is 22.6. The number of ether oxygens (including phenoxy) is 1.